The molecule has 0 aliphatic heterocycles. The minimum atomic E-state index is 0.0610. The van der Waals surface area contributed by atoms with Gasteiger partial charge in [-0.1, -0.05) is 0 Å². The van der Waals surface area contributed by atoms with Crippen molar-refractivity contribution in [3.63, 3.8) is 0 Å². The van der Waals surface area contributed by atoms with Crippen LogP contribution in [-0.4, -0.2) is 17.6 Å². The van der Waals surface area contributed by atoms with E-state index in [-0.39, 0.29) is 5.56 Å². The molecule has 3 nitrogen and oxygen atoms in total. The second-order valence-electron chi connectivity index (χ2n) is 4.71. The summed E-state index contributed by atoms with van der Waals surface area (Å²) >= 11 is 5.75. The lowest BCUT2D eigenvalue weighted by atomic mass is 10.1. The largest absolute Gasteiger partial charge is 0.497 e. The van der Waals surface area contributed by atoms with Crippen LogP contribution in [0.3, 0.4) is 0 Å². The number of rotatable bonds is 4. The maximum Gasteiger partial charge on any atom is 0.253 e. The van der Waals surface area contributed by atoms with E-state index in [0.29, 0.717) is 12.4 Å². The van der Waals surface area contributed by atoms with Crippen molar-refractivity contribution < 1.29 is 4.74 Å². The van der Waals surface area contributed by atoms with E-state index in [1.165, 1.54) is 0 Å². The SMILES string of the molecule is COc1cc(C)c2c(c1)cc(C)c(=O)n2CCCCl. The molecule has 2 rings (SSSR count). The molecule has 0 bridgehead atoms. The molecule has 1 aromatic heterocycles. The topological polar surface area (TPSA) is 31.2 Å². The van der Waals surface area contributed by atoms with Crippen LogP contribution >= 0.6 is 11.6 Å². The molecule has 0 amide bonds. The van der Waals surface area contributed by atoms with Gasteiger partial charge in [-0.3, -0.25) is 4.79 Å². The summed E-state index contributed by atoms with van der Waals surface area (Å²) in [5.41, 5.74) is 2.82. The van der Waals surface area contributed by atoms with Gasteiger partial charge in [-0.15, -0.1) is 11.6 Å². The molecule has 0 aliphatic carbocycles. The van der Waals surface area contributed by atoms with Gasteiger partial charge in [0.25, 0.3) is 5.56 Å². The van der Waals surface area contributed by atoms with E-state index in [9.17, 15) is 4.79 Å². The van der Waals surface area contributed by atoms with Crippen LogP contribution in [0.5, 0.6) is 5.75 Å². The summed E-state index contributed by atoms with van der Waals surface area (Å²) < 4.78 is 7.11. The van der Waals surface area contributed by atoms with E-state index in [4.69, 9.17) is 16.3 Å². The standard InChI is InChI=1S/C15H18ClNO2/c1-10-8-13(19-3)9-12-7-11(2)15(18)17(14(10)12)6-4-5-16/h7-9H,4-6H2,1-3H3. The smallest absolute Gasteiger partial charge is 0.253 e. The molecule has 0 atom stereocenters. The Morgan fingerprint density at radius 2 is 1.95 bits per heavy atom. The molecule has 0 radical (unpaired) electrons. The molecule has 19 heavy (non-hydrogen) atoms. The Labute approximate surface area is 117 Å². The van der Waals surface area contributed by atoms with Crippen LogP contribution in [-0.2, 0) is 6.54 Å². The number of ether oxygens (including phenoxy) is 1. The lowest BCUT2D eigenvalue weighted by Crippen LogP contribution is -2.23. The normalized spacial score (nSPS) is 10.9. The Kier molecular flexibility index (Phi) is 4.15. The second kappa shape index (κ2) is 5.66. The molecule has 4 heteroatoms. The summed E-state index contributed by atoms with van der Waals surface area (Å²) in [5, 5.41) is 1.03. The van der Waals surface area contributed by atoms with Crippen LogP contribution in [0.2, 0.25) is 0 Å². The number of aromatic nitrogens is 1. The molecule has 0 unspecified atom stereocenters. The third-order valence-corrected chi connectivity index (χ3v) is 3.55. The quantitative estimate of drug-likeness (QED) is 0.805. The molecule has 0 spiro atoms. The van der Waals surface area contributed by atoms with Gasteiger partial charge in [-0.05, 0) is 44.0 Å². The van der Waals surface area contributed by atoms with Crippen LogP contribution in [0.25, 0.3) is 10.9 Å². The van der Waals surface area contributed by atoms with Crippen molar-refractivity contribution in [3.8, 4) is 5.75 Å². The lowest BCUT2D eigenvalue weighted by Gasteiger charge is -2.14. The summed E-state index contributed by atoms with van der Waals surface area (Å²) in [6.45, 7) is 4.48. The zero-order chi connectivity index (χ0) is 14.0. The zero-order valence-corrected chi connectivity index (χ0v) is 12.3. The molecule has 0 aliphatic rings. The first kappa shape index (κ1) is 13.9. The highest BCUT2D eigenvalue weighted by Crippen LogP contribution is 2.24. The Balaban J connectivity index is 2.76. The number of alkyl halides is 1. The Bertz CT molecular complexity index is 661. The maximum atomic E-state index is 12.3. The minimum Gasteiger partial charge on any atom is -0.497 e. The Morgan fingerprint density at radius 1 is 1.21 bits per heavy atom. The molecule has 0 N–H and O–H groups in total. The third kappa shape index (κ3) is 2.61. The fraction of sp³-hybridized carbons (Fsp3) is 0.400. The molecule has 0 saturated carbocycles. The van der Waals surface area contributed by atoms with E-state index in [2.05, 4.69) is 0 Å². The van der Waals surface area contributed by atoms with Gasteiger partial charge in [0.2, 0.25) is 0 Å². The fourth-order valence-corrected chi connectivity index (χ4v) is 2.53. The van der Waals surface area contributed by atoms with Crippen LogP contribution in [0, 0.1) is 13.8 Å². The van der Waals surface area contributed by atoms with Gasteiger partial charge in [0, 0.05) is 23.4 Å². The van der Waals surface area contributed by atoms with Crippen molar-refractivity contribution in [3.05, 3.63) is 39.7 Å². The van der Waals surface area contributed by atoms with Crippen LogP contribution in [0.1, 0.15) is 17.5 Å². The molecule has 102 valence electrons. The summed E-state index contributed by atoms with van der Waals surface area (Å²) in [7, 11) is 1.65. The number of methoxy groups -OCH3 is 1. The van der Waals surface area contributed by atoms with Crippen molar-refractivity contribution >= 4 is 22.5 Å². The third-order valence-electron chi connectivity index (χ3n) is 3.28. The number of benzene rings is 1. The zero-order valence-electron chi connectivity index (χ0n) is 11.5. The minimum absolute atomic E-state index is 0.0610. The number of hydrogen-bond acceptors (Lipinski definition) is 2. The lowest BCUT2D eigenvalue weighted by molar-refractivity contribution is 0.415. The molecule has 0 fully saturated rings. The first-order chi connectivity index (χ1) is 9.08. The molecule has 1 heterocycles. The molecule has 1 aromatic carbocycles. The highest BCUT2D eigenvalue weighted by molar-refractivity contribution is 6.17. The van der Waals surface area contributed by atoms with E-state index in [1.54, 1.807) is 7.11 Å². The first-order valence-electron chi connectivity index (χ1n) is 6.33. The van der Waals surface area contributed by atoms with Gasteiger partial charge in [0.1, 0.15) is 5.75 Å². The van der Waals surface area contributed by atoms with Gasteiger partial charge >= 0.3 is 0 Å². The van der Waals surface area contributed by atoms with E-state index in [1.807, 2.05) is 36.6 Å². The number of pyridine rings is 1. The van der Waals surface area contributed by atoms with Crippen molar-refractivity contribution in [1.82, 2.24) is 4.57 Å². The van der Waals surface area contributed by atoms with Crippen LogP contribution in [0.4, 0.5) is 0 Å². The number of aryl methyl sites for hydroxylation is 3. The number of nitrogens with zero attached hydrogens (tertiary/aromatic N) is 1. The molecular formula is C15H18ClNO2. The number of halogens is 1. The molecule has 0 saturated heterocycles. The summed E-state index contributed by atoms with van der Waals surface area (Å²) in [6, 6.07) is 5.84. The van der Waals surface area contributed by atoms with Crippen molar-refractivity contribution in [2.24, 2.45) is 0 Å². The number of hydrogen-bond donors (Lipinski definition) is 0. The maximum absolute atomic E-state index is 12.3. The van der Waals surface area contributed by atoms with E-state index in [0.717, 1.165) is 34.2 Å². The summed E-state index contributed by atoms with van der Waals surface area (Å²) in [4.78, 5) is 12.3. The number of fused-ring (bicyclic) bond motifs is 1. The average molecular weight is 280 g/mol. The summed E-state index contributed by atoms with van der Waals surface area (Å²) in [5.74, 6) is 1.36. The predicted octanol–water partition coefficient (Wildman–Crippen LogP) is 3.26. The fourth-order valence-electron chi connectivity index (χ4n) is 2.41. The van der Waals surface area contributed by atoms with E-state index < -0.39 is 0 Å². The highest BCUT2D eigenvalue weighted by Gasteiger charge is 2.10. The van der Waals surface area contributed by atoms with Gasteiger partial charge in [0.15, 0.2) is 0 Å². The van der Waals surface area contributed by atoms with Crippen LogP contribution in [0.15, 0.2) is 23.0 Å². The van der Waals surface area contributed by atoms with Crippen LogP contribution < -0.4 is 10.3 Å². The van der Waals surface area contributed by atoms with Gasteiger partial charge in [0.05, 0.1) is 12.6 Å². The first-order valence-corrected chi connectivity index (χ1v) is 6.86. The predicted molar refractivity (Wildman–Crippen MR) is 79.6 cm³/mol. The van der Waals surface area contributed by atoms with Gasteiger partial charge in [-0.2, -0.15) is 0 Å². The van der Waals surface area contributed by atoms with E-state index >= 15 is 0 Å². The van der Waals surface area contributed by atoms with Crippen molar-refractivity contribution in [1.29, 1.82) is 0 Å². The highest BCUT2D eigenvalue weighted by atomic mass is 35.5. The second-order valence-corrected chi connectivity index (χ2v) is 5.09. The summed E-state index contributed by atoms with van der Waals surface area (Å²) in [6.07, 6.45) is 0.783. The monoisotopic (exact) mass is 279 g/mol. The van der Waals surface area contributed by atoms with Crippen molar-refractivity contribution in [2.45, 2.75) is 26.8 Å². The average Bonchev–Trinajstić information content (AvgIpc) is 2.39. The van der Waals surface area contributed by atoms with Gasteiger partial charge < -0.3 is 9.30 Å². The van der Waals surface area contributed by atoms with Crippen molar-refractivity contribution in [2.75, 3.05) is 13.0 Å². The Hall–Kier alpha value is -1.48. The molecular weight excluding hydrogens is 262 g/mol. The Morgan fingerprint density at radius 3 is 2.58 bits per heavy atom. The molecule has 2 aromatic rings. The van der Waals surface area contributed by atoms with Gasteiger partial charge in [-0.25, -0.2) is 0 Å².